The van der Waals surface area contributed by atoms with Crippen molar-refractivity contribution in [3.8, 4) is 39.7 Å². The Kier molecular flexibility index (Phi) is 6.49. The van der Waals surface area contributed by atoms with Crippen LogP contribution in [0, 0.1) is 6.92 Å². The number of carbonyl (C=O) groups excluding carboxylic acids is 1. The molecule has 190 valence electrons. The number of para-hydroxylation sites is 1. The lowest BCUT2D eigenvalue weighted by molar-refractivity contribution is 0.0782. The molecule has 38 heavy (non-hydrogen) atoms. The number of aromatic nitrogens is 4. The number of phenols is 2. The lowest BCUT2D eigenvalue weighted by Gasteiger charge is -2.19. The number of nitrogens with zero attached hydrogens (tertiary/aromatic N) is 4. The number of amides is 1. The minimum Gasteiger partial charge on any atom is -0.507 e. The molecule has 5 aromatic rings. The van der Waals surface area contributed by atoms with Gasteiger partial charge in [-0.2, -0.15) is 5.10 Å². The number of phenolic OH excluding ortho intramolecular Hbond substituents is 2. The fourth-order valence-corrected chi connectivity index (χ4v) is 4.38. The van der Waals surface area contributed by atoms with Gasteiger partial charge in [0.1, 0.15) is 11.5 Å². The molecule has 9 heteroatoms. The minimum atomic E-state index is -0.500. The van der Waals surface area contributed by atoms with Crippen LogP contribution < -0.4 is 5.69 Å². The standard InChI is InChI=1S/C29H25N5O4/c1-18-7-3-4-11-24(18)34-27(31-32-29(34)38)22-14-23(26(36)15-25(22)35)28(37)33(2)17-19-8-5-9-20(13-19)21-10-6-12-30-16-21/h3-16,35-36H,17H2,1-2H3,(H,32,38). The molecule has 0 bridgehead atoms. The molecule has 0 atom stereocenters. The third-order valence-corrected chi connectivity index (χ3v) is 6.30. The Bertz CT molecular complexity index is 1690. The maximum atomic E-state index is 13.4. The molecule has 0 spiro atoms. The summed E-state index contributed by atoms with van der Waals surface area (Å²) in [7, 11) is 1.63. The molecular formula is C29H25N5O4. The molecule has 0 unspecified atom stereocenters. The summed E-state index contributed by atoms with van der Waals surface area (Å²) in [6.07, 6.45) is 3.48. The maximum absolute atomic E-state index is 13.4. The van der Waals surface area contributed by atoms with Gasteiger partial charge in [-0.05, 0) is 53.4 Å². The molecule has 0 saturated carbocycles. The van der Waals surface area contributed by atoms with E-state index in [1.165, 1.54) is 15.5 Å². The van der Waals surface area contributed by atoms with Crippen molar-refractivity contribution in [2.24, 2.45) is 0 Å². The SMILES string of the molecule is Cc1ccccc1-n1c(-c2cc(C(=O)N(C)Cc3cccc(-c4cccnc4)c3)c(O)cc2O)n[nH]c1=O. The zero-order valence-corrected chi connectivity index (χ0v) is 20.8. The average molecular weight is 508 g/mol. The normalized spacial score (nSPS) is 10.9. The van der Waals surface area contributed by atoms with Gasteiger partial charge in [-0.15, -0.1) is 0 Å². The van der Waals surface area contributed by atoms with Gasteiger partial charge in [0, 0.05) is 32.1 Å². The van der Waals surface area contributed by atoms with Crippen LogP contribution in [0.3, 0.4) is 0 Å². The summed E-state index contributed by atoms with van der Waals surface area (Å²) in [5.74, 6) is -1.05. The second-order valence-corrected chi connectivity index (χ2v) is 8.96. The zero-order chi connectivity index (χ0) is 26.8. The van der Waals surface area contributed by atoms with E-state index in [2.05, 4.69) is 15.2 Å². The second-order valence-electron chi connectivity index (χ2n) is 8.96. The smallest absolute Gasteiger partial charge is 0.348 e. The Morgan fingerprint density at radius 3 is 2.53 bits per heavy atom. The Morgan fingerprint density at radius 1 is 0.974 bits per heavy atom. The van der Waals surface area contributed by atoms with E-state index < -0.39 is 11.6 Å². The molecule has 3 N–H and O–H groups in total. The first kappa shape index (κ1) is 24.5. The lowest BCUT2D eigenvalue weighted by atomic mass is 10.0. The van der Waals surface area contributed by atoms with Crippen LogP contribution in [0.4, 0.5) is 0 Å². The van der Waals surface area contributed by atoms with E-state index in [9.17, 15) is 19.8 Å². The van der Waals surface area contributed by atoms with Gasteiger partial charge >= 0.3 is 5.69 Å². The van der Waals surface area contributed by atoms with E-state index in [0.29, 0.717) is 5.69 Å². The van der Waals surface area contributed by atoms with Crippen LogP contribution >= 0.6 is 0 Å². The van der Waals surface area contributed by atoms with Gasteiger partial charge in [0.2, 0.25) is 0 Å². The Labute approximate surface area is 218 Å². The van der Waals surface area contributed by atoms with E-state index in [0.717, 1.165) is 28.3 Å². The van der Waals surface area contributed by atoms with Gasteiger partial charge in [-0.3, -0.25) is 9.78 Å². The third-order valence-electron chi connectivity index (χ3n) is 6.30. The first-order valence-electron chi connectivity index (χ1n) is 11.9. The number of benzene rings is 3. The monoisotopic (exact) mass is 507 g/mol. The second kappa shape index (κ2) is 10.1. The number of aromatic hydroxyl groups is 2. The molecule has 3 aromatic carbocycles. The van der Waals surface area contributed by atoms with Crippen molar-refractivity contribution in [3.05, 3.63) is 112 Å². The van der Waals surface area contributed by atoms with Gasteiger partial charge in [0.25, 0.3) is 5.91 Å². The highest BCUT2D eigenvalue weighted by atomic mass is 16.3. The molecule has 0 aliphatic heterocycles. The van der Waals surface area contributed by atoms with Crippen LogP contribution in [0.1, 0.15) is 21.5 Å². The third kappa shape index (κ3) is 4.64. The van der Waals surface area contributed by atoms with Crippen molar-refractivity contribution in [2.45, 2.75) is 13.5 Å². The largest absolute Gasteiger partial charge is 0.507 e. The molecule has 0 aliphatic rings. The number of nitrogens with one attached hydrogen (secondary N) is 1. The summed E-state index contributed by atoms with van der Waals surface area (Å²) >= 11 is 0. The van der Waals surface area contributed by atoms with Crippen molar-refractivity contribution < 1.29 is 15.0 Å². The van der Waals surface area contributed by atoms with E-state index in [1.54, 1.807) is 31.6 Å². The van der Waals surface area contributed by atoms with Crippen molar-refractivity contribution in [1.82, 2.24) is 24.6 Å². The van der Waals surface area contributed by atoms with Crippen LogP contribution in [0.15, 0.2) is 90.0 Å². The number of rotatable bonds is 6. The van der Waals surface area contributed by atoms with Crippen LogP contribution in [0.25, 0.3) is 28.2 Å². The summed E-state index contributed by atoms with van der Waals surface area (Å²) in [5, 5.41) is 27.7. The van der Waals surface area contributed by atoms with E-state index >= 15 is 0 Å². The zero-order valence-electron chi connectivity index (χ0n) is 20.8. The highest BCUT2D eigenvalue weighted by Gasteiger charge is 2.23. The number of H-pyrrole nitrogens is 1. The highest BCUT2D eigenvalue weighted by Crippen LogP contribution is 2.35. The van der Waals surface area contributed by atoms with Gasteiger partial charge in [-0.1, -0.05) is 42.5 Å². The fraction of sp³-hybridized carbons (Fsp3) is 0.103. The summed E-state index contributed by atoms with van der Waals surface area (Å²) < 4.78 is 1.32. The predicted octanol–water partition coefficient (Wildman–Crippen LogP) is 4.28. The average Bonchev–Trinajstić information content (AvgIpc) is 3.30. The molecule has 0 radical (unpaired) electrons. The Hall–Kier alpha value is -5.18. The fourth-order valence-electron chi connectivity index (χ4n) is 4.38. The number of hydrogen-bond acceptors (Lipinski definition) is 6. The molecular weight excluding hydrogens is 482 g/mol. The van der Waals surface area contributed by atoms with Gasteiger partial charge in [-0.25, -0.2) is 14.5 Å². The minimum absolute atomic E-state index is 0.0319. The van der Waals surface area contributed by atoms with Gasteiger partial charge < -0.3 is 15.1 Å². The summed E-state index contributed by atoms with van der Waals surface area (Å²) in [4.78, 5) is 31.7. The number of aromatic amines is 1. The Morgan fingerprint density at radius 2 is 1.76 bits per heavy atom. The van der Waals surface area contributed by atoms with Crippen LogP contribution in [-0.4, -0.2) is 47.8 Å². The van der Waals surface area contributed by atoms with Gasteiger partial charge in [0.15, 0.2) is 5.82 Å². The van der Waals surface area contributed by atoms with Crippen molar-refractivity contribution in [3.63, 3.8) is 0 Å². The van der Waals surface area contributed by atoms with Crippen LogP contribution in [0.5, 0.6) is 11.5 Å². The molecule has 0 fully saturated rings. The number of pyridine rings is 1. The molecule has 0 aliphatic carbocycles. The highest BCUT2D eigenvalue weighted by molar-refractivity contribution is 5.98. The topological polar surface area (TPSA) is 124 Å². The summed E-state index contributed by atoms with van der Waals surface area (Å²) in [5.41, 5.74) is 3.81. The first-order chi connectivity index (χ1) is 18.3. The van der Waals surface area contributed by atoms with Crippen molar-refractivity contribution in [1.29, 1.82) is 0 Å². The molecule has 2 heterocycles. The number of hydrogen-bond donors (Lipinski definition) is 3. The van der Waals surface area contributed by atoms with Crippen molar-refractivity contribution >= 4 is 5.91 Å². The predicted molar refractivity (Wildman–Crippen MR) is 143 cm³/mol. The molecule has 2 aromatic heterocycles. The lowest BCUT2D eigenvalue weighted by Crippen LogP contribution is -2.26. The van der Waals surface area contributed by atoms with E-state index in [-0.39, 0.29) is 35.0 Å². The molecule has 1 amide bonds. The number of carbonyl (C=O) groups is 1. The summed E-state index contributed by atoms with van der Waals surface area (Å²) in [6.45, 7) is 2.13. The molecule has 5 rings (SSSR count). The molecule has 9 nitrogen and oxygen atoms in total. The Balaban J connectivity index is 1.48. The van der Waals surface area contributed by atoms with Crippen molar-refractivity contribution in [2.75, 3.05) is 7.05 Å². The molecule has 0 saturated heterocycles. The van der Waals surface area contributed by atoms with Crippen LogP contribution in [-0.2, 0) is 6.54 Å². The van der Waals surface area contributed by atoms with E-state index in [1.807, 2.05) is 55.5 Å². The maximum Gasteiger partial charge on any atom is 0.348 e. The van der Waals surface area contributed by atoms with Gasteiger partial charge in [0.05, 0.1) is 16.8 Å². The first-order valence-corrected chi connectivity index (χ1v) is 11.9. The number of aryl methyl sites for hydroxylation is 1. The summed E-state index contributed by atoms with van der Waals surface area (Å²) in [6, 6.07) is 21.3. The quantitative estimate of drug-likeness (QED) is 0.315. The van der Waals surface area contributed by atoms with Crippen LogP contribution in [0.2, 0.25) is 0 Å². The van der Waals surface area contributed by atoms with E-state index in [4.69, 9.17) is 0 Å².